The van der Waals surface area contributed by atoms with E-state index in [1.165, 1.54) is 5.56 Å². The van der Waals surface area contributed by atoms with Crippen LogP contribution in [0.25, 0.3) is 0 Å². The predicted molar refractivity (Wildman–Crippen MR) is 86.6 cm³/mol. The van der Waals surface area contributed by atoms with Crippen molar-refractivity contribution in [3.63, 3.8) is 0 Å². The third-order valence-electron chi connectivity index (χ3n) is 3.62. The van der Waals surface area contributed by atoms with Crippen LogP contribution in [-0.2, 0) is 13.1 Å². The van der Waals surface area contributed by atoms with Gasteiger partial charge in [0.1, 0.15) is 0 Å². The number of rotatable bonds is 4. The van der Waals surface area contributed by atoms with E-state index in [0.717, 1.165) is 30.0 Å². The molecule has 1 aliphatic rings. The zero-order valence-electron chi connectivity index (χ0n) is 12.6. The number of aromatic nitrogens is 1. The van der Waals surface area contributed by atoms with Crippen molar-refractivity contribution in [2.45, 2.75) is 26.4 Å². The van der Waals surface area contributed by atoms with Crippen LogP contribution in [0.1, 0.15) is 23.2 Å². The number of aryl methyl sites for hydroxylation is 1. The lowest BCUT2D eigenvalue weighted by Gasteiger charge is -2.12. The summed E-state index contributed by atoms with van der Waals surface area (Å²) in [7, 11) is 0. The minimum atomic E-state index is 0.605. The van der Waals surface area contributed by atoms with Crippen LogP contribution in [-0.4, -0.2) is 18.2 Å². The minimum Gasteiger partial charge on any atom is -0.489 e. The Kier molecular flexibility index (Phi) is 4.80. The Labute approximate surface area is 135 Å². The number of hydrogen-bond donors (Lipinski definition) is 1. The fraction of sp³-hybridized carbons (Fsp3) is 0.353. The van der Waals surface area contributed by atoms with E-state index in [0.29, 0.717) is 30.5 Å². The van der Waals surface area contributed by atoms with Gasteiger partial charge in [-0.05, 0) is 36.2 Å². The molecule has 1 aliphatic heterocycles. The van der Waals surface area contributed by atoms with Crippen LogP contribution < -0.4 is 14.8 Å². The van der Waals surface area contributed by atoms with E-state index in [1.54, 1.807) is 0 Å². The number of halogens is 1. The normalized spacial score (nSPS) is 13.7. The summed E-state index contributed by atoms with van der Waals surface area (Å²) >= 11 is 6.30. The SMILES string of the molecule is Cc1ncccc1CNCc1cc(Cl)c2c(c1)OCCCO2. The van der Waals surface area contributed by atoms with Gasteiger partial charge in [-0.25, -0.2) is 0 Å². The lowest BCUT2D eigenvalue weighted by atomic mass is 10.1. The highest BCUT2D eigenvalue weighted by Crippen LogP contribution is 2.37. The van der Waals surface area contributed by atoms with Gasteiger partial charge in [-0.15, -0.1) is 0 Å². The highest BCUT2D eigenvalue weighted by molar-refractivity contribution is 6.32. The molecule has 2 heterocycles. The maximum Gasteiger partial charge on any atom is 0.179 e. The van der Waals surface area contributed by atoms with Crippen molar-refractivity contribution in [1.82, 2.24) is 10.3 Å². The number of nitrogens with zero attached hydrogens (tertiary/aromatic N) is 1. The fourth-order valence-corrected chi connectivity index (χ4v) is 2.72. The van der Waals surface area contributed by atoms with Crippen LogP contribution in [0.2, 0.25) is 5.02 Å². The first-order valence-electron chi connectivity index (χ1n) is 7.43. The molecule has 0 saturated heterocycles. The van der Waals surface area contributed by atoms with Gasteiger partial charge in [0.05, 0.1) is 18.2 Å². The lowest BCUT2D eigenvalue weighted by Crippen LogP contribution is -2.14. The van der Waals surface area contributed by atoms with E-state index < -0.39 is 0 Å². The highest BCUT2D eigenvalue weighted by Gasteiger charge is 2.15. The number of nitrogens with one attached hydrogen (secondary N) is 1. The monoisotopic (exact) mass is 318 g/mol. The number of ether oxygens (including phenoxy) is 2. The maximum atomic E-state index is 6.30. The summed E-state index contributed by atoms with van der Waals surface area (Å²) in [6, 6.07) is 7.96. The fourth-order valence-electron chi connectivity index (χ4n) is 2.43. The van der Waals surface area contributed by atoms with Crippen LogP contribution in [0.5, 0.6) is 11.5 Å². The summed E-state index contributed by atoms with van der Waals surface area (Å²) in [5.41, 5.74) is 3.32. The molecule has 0 fully saturated rings. The maximum absolute atomic E-state index is 6.30. The molecule has 0 radical (unpaired) electrons. The minimum absolute atomic E-state index is 0.605. The zero-order chi connectivity index (χ0) is 15.4. The van der Waals surface area contributed by atoms with Gasteiger partial charge in [0.15, 0.2) is 11.5 Å². The first kappa shape index (κ1) is 15.1. The molecule has 0 saturated carbocycles. The molecule has 1 aromatic carbocycles. The molecule has 116 valence electrons. The Bertz CT molecular complexity index is 661. The molecule has 4 nitrogen and oxygen atoms in total. The van der Waals surface area contributed by atoms with E-state index in [1.807, 2.05) is 31.3 Å². The van der Waals surface area contributed by atoms with Crippen LogP contribution in [0.15, 0.2) is 30.5 Å². The molecule has 0 bridgehead atoms. The van der Waals surface area contributed by atoms with Gasteiger partial charge in [0.2, 0.25) is 0 Å². The Morgan fingerprint density at radius 2 is 2.09 bits per heavy atom. The number of pyridine rings is 1. The summed E-state index contributed by atoms with van der Waals surface area (Å²) < 4.78 is 11.3. The molecule has 1 aromatic heterocycles. The molecule has 0 aliphatic carbocycles. The van der Waals surface area contributed by atoms with Gasteiger partial charge in [0, 0.05) is 31.4 Å². The predicted octanol–water partition coefficient (Wildman–Crippen LogP) is 3.49. The smallest absolute Gasteiger partial charge is 0.179 e. The average Bonchev–Trinajstić information content (AvgIpc) is 2.75. The zero-order valence-corrected chi connectivity index (χ0v) is 13.3. The third kappa shape index (κ3) is 3.51. The van der Waals surface area contributed by atoms with Crippen LogP contribution in [0.3, 0.4) is 0 Å². The molecule has 1 N–H and O–H groups in total. The molecule has 2 aromatic rings. The molecule has 5 heteroatoms. The van der Waals surface area contributed by atoms with Gasteiger partial charge in [0.25, 0.3) is 0 Å². The van der Waals surface area contributed by atoms with Crippen LogP contribution in [0.4, 0.5) is 0 Å². The van der Waals surface area contributed by atoms with Crippen molar-refractivity contribution >= 4 is 11.6 Å². The summed E-state index contributed by atoms with van der Waals surface area (Å²) in [5.74, 6) is 1.39. The topological polar surface area (TPSA) is 43.4 Å². The Hall–Kier alpha value is -1.78. The quantitative estimate of drug-likeness (QED) is 0.937. The molecule has 22 heavy (non-hydrogen) atoms. The molecular weight excluding hydrogens is 300 g/mol. The van der Waals surface area contributed by atoms with Crippen molar-refractivity contribution in [2.75, 3.05) is 13.2 Å². The van der Waals surface area contributed by atoms with E-state index in [9.17, 15) is 0 Å². The van der Waals surface area contributed by atoms with Gasteiger partial charge in [-0.2, -0.15) is 0 Å². The molecule has 0 unspecified atom stereocenters. The first-order chi connectivity index (χ1) is 10.7. The molecule has 0 atom stereocenters. The Balaban J connectivity index is 1.67. The van der Waals surface area contributed by atoms with Crippen molar-refractivity contribution in [3.05, 3.63) is 52.3 Å². The van der Waals surface area contributed by atoms with Gasteiger partial charge >= 0.3 is 0 Å². The van der Waals surface area contributed by atoms with Crippen molar-refractivity contribution in [1.29, 1.82) is 0 Å². The lowest BCUT2D eigenvalue weighted by molar-refractivity contribution is 0.297. The largest absolute Gasteiger partial charge is 0.489 e. The number of hydrogen-bond acceptors (Lipinski definition) is 4. The van der Waals surface area contributed by atoms with Crippen LogP contribution >= 0.6 is 11.6 Å². The second-order valence-corrected chi connectivity index (χ2v) is 5.71. The Morgan fingerprint density at radius 3 is 2.95 bits per heavy atom. The summed E-state index contributed by atoms with van der Waals surface area (Å²) in [6.07, 6.45) is 2.68. The molecule has 0 spiro atoms. The second kappa shape index (κ2) is 6.99. The van der Waals surface area contributed by atoms with Gasteiger partial charge in [-0.1, -0.05) is 17.7 Å². The molecular formula is C17H19ClN2O2. The average molecular weight is 319 g/mol. The second-order valence-electron chi connectivity index (χ2n) is 5.31. The Morgan fingerprint density at radius 1 is 1.23 bits per heavy atom. The van der Waals surface area contributed by atoms with Crippen molar-refractivity contribution < 1.29 is 9.47 Å². The summed E-state index contributed by atoms with van der Waals surface area (Å²) in [6.45, 7) is 4.80. The van der Waals surface area contributed by atoms with E-state index in [4.69, 9.17) is 21.1 Å². The van der Waals surface area contributed by atoms with Gasteiger partial charge in [-0.3, -0.25) is 4.98 Å². The standard InChI is InChI=1S/C17H19ClN2O2/c1-12-14(4-2-5-20-12)11-19-10-13-8-15(18)17-16(9-13)21-6-3-7-22-17/h2,4-5,8-9,19H,3,6-7,10-11H2,1H3. The summed E-state index contributed by atoms with van der Waals surface area (Å²) in [5, 5.41) is 4.02. The molecule has 0 amide bonds. The number of benzene rings is 1. The first-order valence-corrected chi connectivity index (χ1v) is 7.81. The highest BCUT2D eigenvalue weighted by atomic mass is 35.5. The van der Waals surface area contributed by atoms with E-state index in [-0.39, 0.29) is 0 Å². The molecule has 3 rings (SSSR count). The van der Waals surface area contributed by atoms with Crippen LogP contribution in [0, 0.1) is 6.92 Å². The van der Waals surface area contributed by atoms with Crippen molar-refractivity contribution in [2.24, 2.45) is 0 Å². The summed E-state index contributed by atoms with van der Waals surface area (Å²) in [4.78, 5) is 4.29. The van der Waals surface area contributed by atoms with Gasteiger partial charge < -0.3 is 14.8 Å². The number of fused-ring (bicyclic) bond motifs is 1. The van der Waals surface area contributed by atoms with E-state index in [2.05, 4.69) is 16.4 Å². The van der Waals surface area contributed by atoms with E-state index >= 15 is 0 Å². The van der Waals surface area contributed by atoms with Crippen molar-refractivity contribution in [3.8, 4) is 11.5 Å². The third-order valence-corrected chi connectivity index (χ3v) is 3.90.